The molecule has 1 atom stereocenters. The Labute approximate surface area is 156 Å². The molecule has 140 valence electrons. The molecule has 1 aromatic carbocycles. The second-order valence-electron chi connectivity index (χ2n) is 7.27. The van der Waals surface area contributed by atoms with Crippen LogP contribution in [0.4, 0.5) is 5.69 Å². The fraction of sp³-hybridized carbons (Fsp3) is 0.524. The van der Waals surface area contributed by atoms with Gasteiger partial charge in [0.25, 0.3) is 0 Å². The Hall–Kier alpha value is -2.14. The highest BCUT2D eigenvalue weighted by molar-refractivity contribution is 5.76. The Morgan fingerprint density at radius 3 is 2.73 bits per heavy atom. The molecule has 26 heavy (non-hydrogen) atoms. The number of ether oxygens (including phenoxy) is 1. The zero-order valence-electron chi connectivity index (χ0n) is 16.2. The molecule has 3 rings (SSSR count). The van der Waals surface area contributed by atoms with Gasteiger partial charge in [0.05, 0.1) is 0 Å². The van der Waals surface area contributed by atoms with E-state index < -0.39 is 0 Å². The predicted molar refractivity (Wildman–Crippen MR) is 106 cm³/mol. The number of hydrogen-bond acceptors (Lipinski definition) is 5. The van der Waals surface area contributed by atoms with Gasteiger partial charge in [-0.3, -0.25) is 4.90 Å². The van der Waals surface area contributed by atoms with Gasteiger partial charge >= 0.3 is 0 Å². The van der Waals surface area contributed by atoms with Crippen LogP contribution in [0.25, 0.3) is 11.1 Å². The summed E-state index contributed by atoms with van der Waals surface area (Å²) < 4.78 is 6.16. The van der Waals surface area contributed by atoms with Crippen LogP contribution in [-0.4, -0.2) is 41.1 Å². The lowest BCUT2D eigenvalue weighted by Crippen LogP contribution is -2.26. The van der Waals surface area contributed by atoms with Crippen molar-refractivity contribution in [1.29, 1.82) is 0 Å². The quantitative estimate of drug-likeness (QED) is 0.765. The van der Waals surface area contributed by atoms with Gasteiger partial charge in [-0.1, -0.05) is 13.3 Å². The molecule has 0 amide bonds. The number of nitrogens with zero attached hydrogens (tertiary/aromatic N) is 3. The molecule has 5 heteroatoms. The van der Waals surface area contributed by atoms with Crippen molar-refractivity contribution in [3.8, 4) is 16.9 Å². The van der Waals surface area contributed by atoms with Crippen molar-refractivity contribution in [3.63, 3.8) is 0 Å². The Kier molecular flexibility index (Phi) is 6.09. The maximum absolute atomic E-state index is 6.16. The minimum atomic E-state index is 0.682. The molecule has 0 spiro atoms. The summed E-state index contributed by atoms with van der Waals surface area (Å²) in [4.78, 5) is 11.2. The van der Waals surface area contributed by atoms with Crippen molar-refractivity contribution in [2.24, 2.45) is 5.92 Å². The third-order valence-electron chi connectivity index (χ3n) is 5.23. The Balaban J connectivity index is 1.69. The van der Waals surface area contributed by atoms with Crippen molar-refractivity contribution in [3.05, 3.63) is 35.9 Å². The van der Waals surface area contributed by atoms with Crippen molar-refractivity contribution in [2.45, 2.75) is 40.0 Å². The van der Waals surface area contributed by atoms with E-state index in [1.807, 2.05) is 32.0 Å². The minimum absolute atomic E-state index is 0.682. The zero-order valence-corrected chi connectivity index (χ0v) is 16.2. The molecule has 1 unspecified atom stereocenters. The van der Waals surface area contributed by atoms with Crippen LogP contribution in [0.2, 0.25) is 0 Å². The summed E-state index contributed by atoms with van der Waals surface area (Å²) in [7, 11) is 0. The highest BCUT2D eigenvalue weighted by Crippen LogP contribution is 2.35. The number of nitrogens with two attached hydrogens (primary N) is 1. The molecule has 2 aromatic rings. The maximum atomic E-state index is 6.16. The first kappa shape index (κ1) is 18.6. The molecule has 1 aromatic heterocycles. The molecule has 1 saturated heterocycles. The van der Waals surface area contributed by atoms with Crippen molar-refractivity contribution in [1.82, 2.24) is 14.9 Å². The molecule has 1 aliphatic rings. The van der Waals surface area contributed by atoms with Gasteiger partial charge in [0.2, 0.25) is 0 Å². The molecule has 1 aliphatic heterocycles. The summed E-state index contributed by atoms with van der Waals surface area (Å²) in [5.74, 6) is 1.71. The van der Waals surface area contributed by atoms with Crippen LogP contribution >= 0.6 is 0 Å². The molecular weight excluding hydrogens is 324 g/mol. The Morgan fingerprint density at radius 1 is 1.23 bits per heavy atom. The van der Waals surface area contributed by atoms with E-state index in [1.165, 1.54) is 32.4 Å². The largest absolute Gasteiger partial charge is 0.492 e. The fourth-order valence-electron chi connectivity index (χ4n) is 3.90. The van der Waals surface area contributed by atoms with Crippen LogP contribution in [0.5, 0.6) is 5.75 Å². The summed E-state index contributed by atoms with van der Waals surface area (Å²) in [5.41, 5.74) is 10.6. The summed E-state index contributed by atoms with van der Waals surface area (Å²) in [6, 6.07) is 5.81. The van der Waals surface area contributed by atoms with Gasteiger partial charge in [-0.25, -0.2) is 9.97 Å². The molecule has 2 N–H and O–H groups in total. The molecule has 5 nitrogen and oxygen atoms in total. The minimum Gasteiger partial charge on any atom is -0.492 e. The van der Waals surface area contributed by atoms with Gasteiger partial charge in [0.1, 0.15) is 18.7 Å². The third kappa shape index (κ3) is 4.33. The average Bonchev–Trinajstić information content (AvgIpc) is 3.04. The first-order valence-electron chi connectivity index (χ1n) is 9.61. The molecule has 0 radical (unpaired) electrons. The number of aryl methyl sites for hydroxylation is 2. The summed E-state index contributed by atoms with van der Waals surface area (Å²) in [6.07, 6.45) is 5.54. The normalized spacial score (nSPS) is 17.6. The van der Waals surface area contributed by atoms with Gasteiger partial charge in [-0.15, -0.1) is 0 Å². The van der Waals surface area contributed by atoms with E-state index in [2.05, 4.69) is 21.8 Å². The van der Waals surface area contributed by atoms with E-state index in [4.69, 9.17) is 10.5 Å². The predicted octanol–water partition coefficient (Wildman–Crippen LogP) is 3.84. The summed E-state index contributed by atoms with van der Waals surface area (Å²) in [6.45, 7) is 10.3. The van der Waals surface area contributed by atoms with E-state index in [0.29, 0.717) is 6.61 Å². The van der Waals surface area contributed by atoms with E-state index in [9.17, 15) is 0 Å². The van der Waals surface area contributed by atoms with Crippen LogP contribution < -0.4 is 10.5 Å². The Bertz CT molecular complexity index is 727. The second kappa shape index (κ2) is 8.49. The standard InChI is InChI=1S/C21H30N4O/c1-4-5-17-8-9-25(13-17)10-11-26-20-7-6-18(22)12-19(20)21-15(2)23-14-24-16(21)3/h6-7,12,14,17H,4-5,8-11,13,22H2,1-3H3. The van der Waals surface area contributed by atoms with Crippen LogP contribution in [-0.2, 0) is 0 Å². The number of anilines is 1. The van der Waals surface area contributed by atoms with E-state index >= 15 is 0 Å². The van der Waals surface area contributed by atoms with Gasteiger partial charge in [-0.2, -0.15) is 0 Å². The number of likely N-dealkylation sites (tertiary alicyclic amines) is 1. The monoisotopic (exact) mass is 354 g/mol. The fourth-order valence-corrected chi connectivity index (χ4v) is 3.90. The SMILES string of the molecule is CCCC1CCN(CCOc2ccc(N)cc2-c2c(C)ncnc2C)C1. The van der Waals surface area contributed by atoms with Crippen LogP contribution in [0.3, 0.4) is 0 Å². The van der Waals surface area contributed by atoms with Crippen molar-refractivity contribution < 1.29 is 4.74 Å². The van der Waals surface area contributed by atoms with Gasteiger partial charge in [0.15, 0.2) is 0 Å². The average molecular weight is 354 g/mol. The number of rotatable bonds is 7. The lowest BCUT2D eigenvalue weighted by Gasteiger charge is -2.18. The molecule has 0 bridgehead atoms. The third-order valence-corrected chi connectivity index (χ3v) is 5.23. The zero-order chi connectivity index (χ0) is 18.5. The van der Waals surface area contributed by atoms with Crippen molar-refractivity contribution in [2.75, 3.05) is 32.0 Å². The van der Waals surface area contributed by atoms with Gasteiger partial charge in [0, 0.05) is 41.3 Å². The van der Waals surface area contributed by atoms with E-state index in [-0.39, 0.29) is 0 Å². The highest BCUT2D eigenvalue weighted by Gasteiger charge is 2.21. The number of aromatic nitrogens is 2. The van der Waals surface area contributed by atoms with E-state index in [0.717, 1.165) is 46.4 Å². The smallest absolute Gasteiger partial charge is 0.127 e. The Morgan fingerprint density at radius 2 is 2.00 bits per heavy atom. The van der Waals surface area contributed by atoms with Crippen LogP contribution in [0, 0.1) is 19.8 Å². The van der Waals surface area contributed by atoms with E-state index in [1.54, 1.807) is 6.33 Å². The van der Waals surface area contributed by atoms with Crippen LogP contribution in [0.1, 0.15) is 37.6 Å². The van der Waals surface area contributed by atoms with Crippen LogP contribution in [0.15, 0.2) is 24.5 Å². The molecule has 2 heterocycles. The maximum Gasteiger partial charge on any atom is 0.127 e. The summed E-state index contributed by atoms with van der Waals surface area (Å²) >= 11 is 0. The first-order chi connectivity index (χ1) is 12.6. The molecule has 1 fully saturated rings. The molecular formula is C21H30N4O. The molecule has 0 aliphatic carbocycles. The first-order valence-corrected chi connectivity index (χ1v) is 9.61. The summed E-state index contributed by atoms with van der Waals surface area (Å²) in [5, 5.41) is 0. The number of nitrogen functional groups attached to an aromatic ring is 1. The van der Waals surface area contributed by atoms with Crippen molar-refractivity contribution >= 4 is 5.69 Å². The van der Waals surface area contributed by atoms with Gasteiger partial charge < -0.3 is 10.5 Å². The second-order valence-corrected chi connectivity index (χ2v) is 7.27. The number of benzene rings is 1. The topological polar surface area (TPSA) is 64.3 Å². The lowest BCUT2D eigenvalue weighted by atomic mass is 10.0. The highest BCUT2D eigenvalue weighted by atomic mass is 16.5. The number of hydrogen-bond donors (Lipinski definition) is 1. The molecule has 0 saturated carbocycles. The lowest BCUT2D eigenvalue weighted by molar-refractivity contribution is 0.232. The van der Waals surface area contributed by atoms with Gasteiger partial charge in [-0.05, 0) is 57.4 Å².